The second-order valence-electron chi connectivity index (χ2n) is 6.99. The van der Waals surface area contributed by atoms with Crippen molar-refractivity contribution >= 4 is 7.60 Å². The van der Waals surface area contributed by atoms with Crippen LogP contribution in [-0.4, -0.2) is 13.2 Å². The van der Waals surface area contributed by atoms with Gasteiger partial charge in [-0.05, 0) is 37.0 Å². The van der Waals surface area contributed by atoms with E-state index in [0.717, 1.165) is 11.6 Å². The molecule has 2 rings (SSSR count). The molecule has 2 aromatic rings. The zero-order valence-corrected chi connectivity index (χ0v) is 18.4. The van der Waals surface area contributed by atoms with Gasteiger partial charge in [-0.1, -0.05) is 62.4 Å². The third kappa shape index (κ3) is 6.42. The molecule has 0 radical (unpaired) electrons. The molecule has 1 N–H and O–H groups in total. The lowest BCUT2D eigenvalue weighted by Gasteiger charge is -2.32. The molecule has 0 aromatic heterocycles. The first-order chi connectivity index (χ1) is 14.2. The van der Waals surface area contributed by atoms with Crippen LogP contribution in [0.25, 0.3) is 0 Å². The minimum absolute atomic E-state index is 0.118. The molecule has 0 amide bonds. The van der Waals surface area contributed by atoms with E-state index in [1.165, 1.54) is 18.2 Å². The molecule has 8 heteroatoms. The van der Waals surface area contributed by atoms with Crippen molar-refractivity contribution in [2.45, 2.75) is 51.6 Å². The van der Waals surface area contributed by atoms with Crippen LogP contribution < -0.4 is 5.32 Å². The summed E-state index contributed by atoms with van der Waals surface area (Å²) in [5.41, 5.74) is -0.156. The molecule has 4 nitrogen and oxygen atoms in total. The Morgan fingerprint density at radius 1 is 0.933 bits per heavy atom. The van der Waals surface area contributed by atoms with Crippen molar-refractivity contribution in [1.82, 2.24) is 5.32 Å². The Morgan fingerprint density at radius 3 is 2.00 bits per heavy atom. The summed E-state index contributed by atoms with van der Waals surface area (Å²) in [6, 6.07) is 14.0. The Morgan fingerprint density at radius 2 is 1.47 bits per heavy atom. The summed E-state index contributed by atoms with van der Waals surface area (Å²) in [6.07, 6.45) is -3.49. The maximum Gasteiger partial charge on any atom is 0.416 e. The highest BCUT2D eigenvalue weighted by molar-refractivity contribution is 7.54. The van der Waals surface area contributed by atoms with Crippen molar-refractivity contribution in [3.63, 3.8) is 0 Å². The molecule has 2 atom stereocenters. The van der Waals surface area contributed by atoms with Gasteiger partial charge in [-0.25, -0.2) is 0 Å². The number of nitrogens with one attached hydrogen (secondary N) is 1. The maximum atomic E-state index is 13.8. The minimum Gasteiger partial charge on any atom is -0.307 e. The largest absolute Gasteiger partial charge is 0.416 e. The summed E-state index contributed by atoms with van der Waals surface area (Å²) in [6.45, 7) is 5.72. The Bertz CT molecular complexity index is 818. The third-order valence-electron chi connectivity index (χ3n) is 4.54. The zero-order valence-electron chi connectivity index (χ0n) is 17.5. The second kappa shape index (κ2) is 11.1. The van der Waals surface area contributed by atoms with Crippen LogP contribution in [0.5, 0.6) is 0 Å². The number of hydrogen-bond acceptors (Lipinski definition) is 4. The zero-order chi connectivity index (χ0) is 22.2. The fourth-order valence-electron chi connectivity index (χ4n) is 3.04. The Labute approximate surface area is 176 Å². The Hall–Kier alpha value is -1.66. The van der Waals surface area contributed by atoms with E-state index in [4.69, 9.17) is 9.05 Å². The van der Waals surface area contributed by atoms with Crippen LogP contribution in [0.2, 0.25) is 0 Å². The molecule has 0 bridgehead atoms. The first-order valence-corrected chi connectivity index (χ1v) is 11.7. The number of alkyl halides is 3. The highest BCUT2D eigenvalue weighted by Gasteiger charge is 2.43. The van der Waals surface area contributed by atoms with E-state index in [2.05, 4.69) is 5.32 Å². The van der Waals surface area contributed by atoms with Gasteiger partial charge in [-0.3, -0.25) is 9.88 Å². The van der Waals surface area contributed by atoms with Crippen molar-refractivity contribution in [3.8, 4) is 0 Å². The topological polar surface area (TPSA) is 47.6 Å². The van der Waals surface area contributed by atoms with E-state index in [9.17, 15) is 17.7 Å². The summed E-state index contributed by atoms with van der Waals surface area (Å²) < 4.78 is 66.3. The fraction of sp³-hybridized carbons (Fsp3) is 0.455. The molecule has 1 unspecified atom stereocenters. The quantitative estimate of drug-likeness (QED) is 0.376. The molecule has 0 heterocycles. The first kappa shape index (κ1) is 24.6. The fourth-order valence-corrected chi connectivity index (χ4v) is 5.26. The van der Waals surface area contributed by atoms with Gasteiger partial charge in [0.1, 0.15) is 5.78 Å². The van der Waals surface area contributed by atoms with Crippen LogP contribution in [0.4, 0.5) is 13.2 Å². The lowest BCUT2D eigenvalue weighted by molar-refractivity contribution is -0.138. The molecule has 30 heavy (non-hydrogen) atoms. The van der Waals surface area contributed by atoms with Crippen LogP contribution in [0.1, 0.15) is 62.1 Å². The van der Waals surface area contributed by atoms with Crippen LogP contribution >= 0.6 is 7.60 Å². The van der Waals surface area contributed by atoms with Crippen molar-refractivity contribution in [2.24, 2.45) is 0 Å². The van der Waals surface area contributed by atoms with Crippen LogP contribution in [-0.2, 0) is 19.8 Å². The number of benzene rings is 2. The summed E-state index contributed by atoms with van der Waals surface area (Å²) in [7, 11) is -3.97. The lowest BCUT2D eigenvalue weighted by atomic mass is 10.0. The molecule has 0 aliphatic rings. The SMILES string of the molecule is CCCOP(=O)(OCCC)C(N[C@H](C)c1ccccc1)c1ccccc1C(F)(F)F. The predicted octanol–water partition coefficient (Wildman–Crippen LogP) is 7.10. The number of hydrogen-bond donors (Lipinski definition) is 1. The monoisotopic (exact) mass is 443 g/mol. The summed E-state index contributed by atoms with van der Waals surface area (Å²) in [5.74, 6) is -1.27. The van der Waals surface area contributed by atoms with Crippen molar-refractivity contribution < 1.29 is 26.8 Å². The van der Waals surface area contributed by atoms with Gasteiger partial charge in [0, 0.05) is 6.04 Å². The molecule has 0 saturated carbocycles. The number of halogens is 3. The molecular weight excluding hydrogens is 414 g/mol. The van der Waals surface area contributed by atoms with Gasteiger partial charge >= 0.3 is 13.8 Å². The van der Waals surface area contributed by atoms with Crippen molar-refractivity contribution in [2.75, 3.05) is 13.2 Å². The molecule has 166 valence electrons. The molecule has 0 aliphatic heterocycles. The highest BCUT2D eigenvalue weighted by atomic mass is 31.2. The van der Waals surface area contributed by atoms with Gasteiger partial charge in [-0.15, -0.1) is 0 Å². The molecule has 2 aromatic carbocycles. The molecule has 0 aliphatic carbocycles. The minimum atomic E-state index is -4.60. The van der Waals surface area contributed by atoms with E-state index in [1.807, 2.05) is 51.1 Å². The van der Waals surface area contributed by atoms with Crippen LogP contribution in [0, 0.1) is 0 Å². The average molecular weight is 443 g/mol. The number of rotatable bonds is 11. The van der Waals surface area contributed by atoms with Gasteiger partial charge in [0.25, 0.3) is 0 Å². The highest BCUT2D eigenvalue weighted by Crippen LogP contribution is 2.61. The van der Waals surface area contributed by atoms with Gasteiger partial charge in [0.15, 0.2) is 0 Å². The maximum absolute atomic E-state index is 13.8. The molecular formula is C22H29F3NO3P. The Kier molecular flexibility index (Phi) is 9.10. The van der Waals surface area contributed by atoms with E-state index < -0.39 is 25.1 Å². The summed E-state index contributed by atoms with van der Waals surface area (Å²) in [4.78, 5) is 0. The van der Waals surface area contributed by atoms with Crippen LogP contribution in [0.15, 0.2) is 54.6 Å². The van der Waals surface area contributed by atoms with E-state index >= 15 is 0 Å². The standard InChI is InChI=1S/C22H29F3NO3P/c1-4-15-28-30(27,29-16-5-2)21(26-17(3)18-11-7-6-8-12-18)19-13-9-10-14-20(19)22(23,24)25/h6-14,17,21,26H,4-5,15-16H2,1-3H3/t17-,21?/m1/s1. The van der Waals surface area contributed by atoms with Gasteiger partial charge in [-0.2, -0.15) is 13.2 Å². The van der Waals surface area contributed by atoms with E-state index in [0.29, 0.717) is 12.8 Å². The van der Waals surface area contributed by atoms with Gasteiger partial charge in [0.2, 0.25) is 0 Å². The average Bonchev–Trinajstić information content (AvgIpc) is 2.74. The van der Waals surface area contributed by atoms with Crippen molar-refractivity contribution in [3.05, 3.63) is 71.3 Å². The van der Waals surface area contributed by atoms with Crippen LogP contribution in [0.3, 0.4) is 0 Å². The normalized spacial score (nSPS) is 14.5. The predicted molar refractivity (Wildman–Crippen MR) is 112 cm³/mol. The van der Waals surface area contributed by atoms with Gasteiger partial charge in [0.05, 0.1) is 18.8 Å². The van der Waals surface area contributed by atoms with Gasteiger partial charge < -0.3 is 9.05 Å². The first-order valence-electron chi connectivity index (χ1n) is 10.1. The lowest BCUT2D eigenvalue weighted by Crippen LogP contribution is -2.28. The van der Waals surface area contributed by atoms with E-state index in [-0.39, 0.29) is 24.8 Å². The second-order valence-corrected chi connectivity index (χ2v) is 9.11. The summed E-state index contributed by atoms with van der Waals surface area (Å²) >= 11 is 0. The summed E-state index contributed by atoms with van der Waals surface area (Å²) in [5, 5.41) is 3.11. The van der Waals surface area contributed by atoms with E-state index in [1.54, 1.807) is 0 Å². The van der Waals surface area contributed by atoms with Crippen molar-refractivity contribution in [1.29, 1.82) is 0 Å². The molecule has 0 saturated heterocycles. The molecule has 0 fully saturated rings. The Balaban J connectivity index is 2.55. The molecule has 0 spiro atoms. The smallest absolute Gasteiger partial charge is 0.307 e. The third-order valence-corrected chi connectivity index (χ3v) is 6.68.